The number of hydrogen-bond acceptors (Lipinski definition) is 6. The van der Waals surface area contributed by atoms with Gasteiger partial charge in [0.2, 0.25) is 0 Å². The van der Waals surface area contributed by atoms with Crippen LogP contribution in [-0.2, 0) is 6.54 Å². The van der Waals surface area contributed by atoms with Gasteiger partial charge < -0.3 is 15.6 Å². The Morgan fingerprint density at radius 3 is 2.81 bits per heavy atom. The molecular formula is C12H11ClN4O4. The Bertz CT molecular complexity index is 713. The van der Waals surface area contributed by atoms with Crippen LogP contribution >= 0.6 is 11.6 Å². The van der Waals surface area contributed by atoms with Crippen molar-refractivity contribution in [3.63, 3.8) is 0 Å². The van der Waals surface area contributed by atoms with Crippen LogP contribution in [0.5, 0.6) is 0 Å². The minimum Gasteiger partial charge on any atom is -0.392 e. The summed E-state index contributed by atoms with van der Waals surface area (Å²) in [6, 6.07) is 4.01. The maximum atomic E-state index is 12.0. The average Bonchev–Trinajstić information content (AvgIpc) is 2.84. The highest BCUT2D eigenvalue weighted by molar-refractivity contribution is 6.34. The summed E-state index contributed by atoms with van der Waals surface area (Å²) in [5, 5.41) is 17.0. The third-order valence-electron chi connectivity index (χ3n) is 2.67. The van der Waals surface area contributed by atoms with Gasteiger partial charge in [-0.1, -0.05) is 16.8 Å². The number of nitrogens with zero attached hydrogens (tertiary/aromatic N) is 2. The van der Waals surface area contributed by atoms with Crippen LogP contribution in [0.4, 0.5) is 11.4 Å². The van der Waals surface area contributed by atoms with Crippen molar-refractivity contribution in [3.05, 3.63) is 50.4 Å². The molecule has 0 atom stereocenters. The van der Waals surface area contributed by atoms with E-state index < -0.39 is 16.5 Å². The van der Waals surface area contributed by atoms with E-state index in [1.165, 1.54) is 6.07 Å². The van der Waals surface area contributed by atoms with E-state index >= 15 is 0 Å². The number of benzene rings is 1. The first-order valence-corrected chi connectivity index (χ1v) is 6.20. The highest BCUT2D eigenvalue weighted by atomic mass is 35.5. The van der Waals surface area contributed by atoms with Crippen LogP contribution in [-0.4, -0.2) is 16.0 Å². The molecule has 0 radical (unpaired) electrons. The SMILES string of the molecule is Cc1cc(CNC(=O)c2cc(Cl)c(N)c([N+](=O)[O-])c2)on1. The second-order valence-corrected chi connectivity index (χ2v) is 4.67. The van der Waals surface area contributed by atoms with Crippen molar-refractivity contribution in [3.8, 4) is 0 Å². The molecule has 1 heterocycles. The lowest BCUT2D eigenvalue weighted by molar-refractivity contribution is -0.383. The molecule has 8 nitrogen and oxygen atoms in total. The number of nitro groups is 1. The Morgan fingerprint density at radius 2 is 2.24 bits per heavy atom. The summed E-state index contributed by atoms with van der Waals surface area (Å²) in [4.78, 5) is 22.1. The number of aryl methyl sites for hydroxylation is 1. The van der Waals surface area contributed by atoms with Gasteiger partial charge in [-0.15, -0.1) is 0 Å². The minimum atomic E-state index is -0.697. The van der Waals surface area contributed by atoms with Gasteiger partial charge in [0.1, 0.15) is 5.69 Å². The van der Waals surface area contributed by atoms with Crippen molar-refractivity contribution in [2.24, 2.45) is 0 Å². The fourth-order valence-corrected chi connectivity index (χ4v) is 1.87. The number of nitrogen functional groups attached to an aromatic ring is 1. The number of anilines is 1. The maximum Gasteiger partial charge on any atom is 0.294 e. The molecule has 3 N–H and O–H groups in total. The molecule has 110 valence electrons. The van der Waals surface area contributed by atoms with Gasteiger partial charge in [0.05, 0.1) is 22.2 Å². The summed E-state index contributed by atoms with van der Waals surface area (Å²) in [6.07, 6.45) is 0. The summed E-state index contributed by atoms with van der Waals surface area (Å²) in [5.74, 6) is -0.0639. The largest absolute Gasteiger partial charge is 0.392 e. The lowest BCUT2D eigenvalue weighted by Crippen LogP contribution is -2.22. The topological polar surface area (TPSA) is 124 Å². The van der Waals surface area contributed by atoms with E-state index in [0.717, 1.165) is 6.07 Å². The fraction of sp³-hybridized carbons (Fsp3) is 0.167. The molecular weight excluding hydrogens is 300 g/mol. The van der Waals surface area contributed by atoms with Gasteiger partial charge in [-0.05, 0) is 13.0 Å². The first-order chi connectivity index (χ1) is 9.88. The smallest absolute Gasteiger partial charge is 0.294 e. The van der Waals surface area contributed by atoms with Crippen molar-refractivity contribution in [2.45, 2.75) is 13.5 Å². The molecule has 0 spiro atoms. The number of carbonyl (C=O) groups excluding carboxylic acids is 1. The van der Waals surface area contributed by atoms with E-state index in [4.69, 9.17) is 21.9 Å². The Kier molecular flexibility index (Phi) is 4.08. The highest BCUT2D eigenvalue weighted by Gasteiger charge is 2.19. The monoisotopic (exact) mass is 310 g/mol. The van der Waals surface area contributed by atoms with Crippen molar-refractivity contribution >= 4 is 28.9 Å². The third-order valence-corrected chi connectivity index (χ3v) is 2.98. The molecule has 0 aliphatic carbocycles. The van der Waals surface area contributed by atoms with E-state index in [-0.39, 0.29) is 22.8 Å². The lowest BCUT2D eigenvalue weighted by atomic mass is 10.1. The number of nitrogens with two attached hydrogens (primary N) is 1. The van der Waals surface area contributed by atoms with Crippen molar-refractivity contribution in [1.82, 2.24) is 10.5 Å². The molecule has 0 bridgehead atoms. The number of rotatable bonds is 4. The van der Waals surface area contributed by atoms with Crippen LogP contribution in [0.25, 0.3) is 0 Å². The fourth-order valence-electron chi connectivity index (χ4n) is 1.65. The molecule has 2 rings (SSSR count). The Labute approximate surface area is 124 Å². The van der Waals surface area contributed by atoms with Gasteiger partial charge in [-0.2, -0.15) is 0 Å². The van der Waals surface area contributed by atoms with E-state index in [0.29, 0.717) is 11.5 Å². The number of nitrogens with one attached hydrogen (secondary N) is 1. The molecule has 0 saturated carbocycles. The molecule has 1 aromatic carbocycles. The maximum absolute atomic E-state index is 12.0. The van der Waals surface area contributed by atoms with Crippen LogP contribution < -0.4 is 11.1 Å². The molecule has 0 aliphatic rings. The Morgan fingerprint density at radius 1 is 1.52 bits per heavy atom. The number of amides is 1. The van der Waals surface area contributed by atoms with Gasteiger partial charge in [-0.3, -0.25) is 14.9 Å². The quantitative estimate of drug-likeness (QED) is 0.506. The predicted molar refractivity (Wildman–Crippen MR) is 74.9 cm³/mol. The lowest BCUT2D eigenvalue weighted by Gasteiger charge is -2.06. The number of hydrogen-bond donors (Lipinski definition) is 2. The molecule has 0 fully saturated rings. The summed E-state index contributed by atoms with van der Waals surface area (Å²) in [7, 11) is 0. The first kappa shape index (κ1) is 14.8. The standard InChI is InChI=1S/C12H11ClN4O4/c1-6-2-8(21-16-6)5-15-12(18)7-3-9(13)11(14)10(4-7)17(19)20/h2-4H,5,14H2,1H3,(H,15,18). The zero-order chi connectivity index (χ0) is 15.6. The molecule has 0 saturated heterocycles. The molecule has 1 amide bonds. The van der Waals surface area contributed by atoms with Gasteiger partial charge in [0.25, 0.3) is 11.6 Å². The van der Waals surface area contributed by atoms with E-state index in [9.17, 15) is 14.9 Å². The summed E-state index contributed by atoms with van der Waals surface area (Å²) < 4.78 is 4.94. The number of carbonyl (C=O) groups is 1. The zero-order valence-electron chi connectivity index (χ0n) is 10.9. The van der Waals surface area contributed by atoms with Crippen LogP contribution in [0.15, 0.2) is 22.7 Å². The first-order valence-electron chi connectivity index (χ1n) is 5.82. The summed E-state index contributed by atoms with van der Waals surface area (Å²) >= 11 is 5.79. The average molecular weight is 311 g/mol. The van der Waals surface area contributed by atoms with Crippen LogP contribution in [0.2, 0.25) is 5.02 Å². The summed E-state index contributed by atoms with van der Waals surface area (Å²) in [5.41, 5.74) is 5.63. The van der Waals surface area contributed by atoms with E-state index in [2.05, 4.69) is 10.5 Å². The van der Waals surface area contributed by atoms with Gasteiger partial charge in [0.15, 0.2) is 5.76 Å². The summed E-state index contributed by atoms with van der Waals surface area (Å²) in [6.45, 7) is 1.85. The number of halogens is 1. The molecule has 0 aliphatic heterocycles. The predicted octanol–water partition coefficient (Wildman–Crippen LogP) is 2.06. The third kappa shape index (κ3) is 3.29. The van der Waals surface area contributed by atoms with Crippen LogP contribution in [0, 0.1) is 17.0 Å². The number of nitro benzene ring substituents is 1. The molecule has 9 heteroatoms. The van der Waals surface area contributed by atoms with Crippen molar-refractivity contribution in [1.29, 1.82) is 0 Å². The van der Waals surface area contributed by atoms with Crippen molar-refractivity contribution < 1.29 is 14.2 Å². The van der Waals surface area contributed by atoms with Crippen LogP contribution in [0.3, 0.4) is 0 Å². The van der Waals surface area contributed by atoms with Gasteiger partial charge in [0, 0.05) is 17.7 Å². The molecule has 1 aromatic heterocycles. The molecule has 21 heavy (non-hydrogen) atoms. The van der Waals surface area contributed by atoms with Crippen molar-refractivity contribution in [2.75, 3.05) is 5.73 Å². The minimum absolute atomic E-state index is 0.0390. The Balaban J connectivity index is 2.17. The van der Waals surface area contributed by atoms with Crippen LogP contribution in [0.1, 0.15) is 21.8 Å². The normalized spacial score (nSPS) is 10.4. The van der Waals surface area contributed by atoms with Gasteiger partial charge in [-0.25, -0.2) is 0 Å². The van der Waals surface area contributed by atoms with E-state index in [1.807, 2.05) is 0 Å². The number of aromatic nitrogens is 1. The molecule has 2 aromatic rings. The van der Waals surface area contributed by atoms with E-state index in [1.54, 1.807) is 13.0 Å². The zero-order valence-corrected chi connectivity index (χ0v) is 11.7. The highest BCUT2D eigenvalue weighted by Crippen LogP contribution is 2.30. The Hall–Kier alpha value is -2.61. The molecule has 0 unspecified atom stereocenters. The van der Waals surface area contributed by atoms with Gasteiger partial charge >= 0.3 is 0 Å². The second kappa shape index (κ2) is 5.80. The second-order valence-electron chi connectivity index (χ2n) is 4.27.